The van der Waals surface area contributed by atoms with E-state index in [4.69, 9.17) is 0 Å². The molecule has 11 heteroatoms. The van der Waals surface area contributed by atoms with Gasteiger partial charge in [-0.3, -0.25) is 4.79 Å². The Kier molecular flexibility index (Phi) is 4.38. The van der Waals surface area contributed by atoms with Gasteiger partial charge in [0.1, 0.15) is 0 Å². The average molecular weight is 373 g/mol. The summed E-state index contributed by atoms with van der Waals surface area (Å²) in [6.45, 7) is -3.01. The monoisotopic (exact) mass is 373 g/mol. The van der Waals surface area contributed by atoms with Crippen molar-refractivity contribution in [1.29, 1.82) is 0 Å². The minimum Gasteiger partial charge on any atom is -0.348 e. The fourth-order valence-electron chi connectivity index (χ4n) is 2.56. The Morgan fingerprint density at radius 1 is 1.23 bits per heavy atom. The van der Waals surface area contributed by atoms with E-state index in [9.17, 15) is 26.7 Å². The molecule has 2 heterocycles. The molecule has 1 aromatic heterocycles. The van der Waals surface area contributed by atoms with E-state index >= 15 is 0 Å². The van der Waals surface area contributed by atoms with Crippen LogP contribution in [0.2, 0.25) is 0 Å². The molecule has 1 aromatic carbocycles. The number of benzene rings is 1. The lowest BCUT2D eigenvalue weighted by atomic mass is 9.98. The number of aromatic nitrogens is 2. The number of likely N-dealkylation sites (N-methyl/N-ethyl adjacent to an activating group) is 1. The van der Waals surface area contributed by atoms with Gasteiger partial charge in [-0.2, -0.15) is 32.2 Å². The van der Waals surface area contributed by atoms with Crippen LogP contribution in [0.15, 0.2) is 35.7 Å². The van der Waals surface area contributed by atoms with Crippen LogP contribution in [0.5, 0.6) is 0 Å². The number of halogens is 5. The summed E-state index contributed by atoms with van der Waals surface area (Å²) in [5.41, 5.74) is 0.955. The molecule has 1 N–H and O–H groups in total. The second-order valence-corrected chi connectivity index (χ2v) is 5.57. The molecule has 1 aliphatic rings. The molecule has 2 aromatic rings. The van der Waals surface area contributed by atoms with E-state index in [1.54, 1.807) is 0 Å². The fourth-order valence-corrected chi connectivity index (χ4v) is 2.56. The van der Waals surface area contributed by atoms with Crippen molar-refractivity contribution in [2.45, 2.75) is 12.7 Å². The van der Waals surface area contributed by atoms with E-state index in [1.165, 1.54) is 18.0 Å². The second kappa shape index (κ2) is 6.39. The minimum atomic E-state index is -4.73. The Hall–Kier alpha value is -2.98. The number of nitrogens with zero attached hydrogens (tertiary/aromatic N) is 4. The van der Waals surface area contributed by atoms with Crippen LogP contribution in [-0.4, -0.2) is 40.0 Å². The molecule has 1 aliphatic heterocycles. The molecule has 0 saturated heterocycles. The molecule has 138 valence electrons. The van der Waals surface area contributed by atoms with Gasteiger partial charge in [0.15, 0.2) is 5.84 Å². The zero-order valence-corrected chi connectivity index (χ0v) is 13.3. The Morgan fingerprint density at radius 3 is 2.54 bits per heavy atom. The summed E-state index contributed by atoms with van der Waals surface area (Å²) >= 11 is 0. The molecular weight excluding hydrogens is 361 g/mol. The Labute approximate surface area is 143 Å². The predicted octanol–water partition coefficient (Wildman–Crippen LogP) is 2.69. The van der Waals surface area contributed by atoms with Gasteiger partial charge in [0.2, 0.25) is 0 Å². The lowest BCUT2D eigenvalue weighted by Crippen LogP contribution is -2.43. The largest absolute Gasteiger partial charge is 0.417 e. The van der Waals surface area contributed by atoms with Gasteiger partial charge in [0, 0.05) is 24.4 Å². The van der Waals surface area contributed by atoms with E-state index in [1.807, 2.05) is 0 Å². The van der Waals surface area contributed by atoms with Gasteiger partial charge in [-0.15, -0.1) is 0 Å². The number of amides is 1. The van der Waals surface area contributed by atoms with Gasteiger partial charge >= 0.3 is 12.7 Å². The third kappa shape index (κ3) is 3.37. The third-order valence-electron chi connectivity index (χ3n) is 3.72. The minimum absolute atomic E-state index is 0.0525. The molecule has 0 bridgehead atoms. The number of alkyl halides is 5. The lowest BCUT2D eigenvalue weighted by Gasteiger charge is -2.25. The third-order valence-corrected chi connectivity index (χ3v) is 3.72. The van der Waals surface area contributed by atoms with Gasteiger partial charge in [-0.25, -0.2) is 10.1 Å². The van der Waals surface area contributed by atoms with Crippen molar-refractivity contribution in [2.24, 2.45) is 5.10 Å². The Balaban J connectivity index is 2.08. The molecule has 0 saturated carbocycles. The Morgan fingerprint density at radius 2 is 1.96 bits per heavy atom. The van der Waals surface area contributed by atoms with Crippen molar-refractivity contribution in [1.82, 2.24) is 20.1 Å². The summed E-state index contributed by atoms with van der Waals surface area (Å²) in [4.78, 5) is 12.7. The van der Waals surface area contributed by atoms with Crippen LogP contribution < -0.4 is 5.43 Å². The first-order valence-electron chi connectivity index (χ1n) is 7.29. The molecule has 6 nitrogen and oxygen atoms in total. The lowest BCUT2D eigenvalue weighted by molar-refractivity contribution is -0.137. The number of hydrogen-bond acceptors (Lipinski definition) is 4. The molecular formula is C15H12F5N5O. The second-order valence-electron chi connectivity index (χ2n) is 5.57. The van der Waals surface area contributed by atoms with Crippen molar-refractivity contribution in [3.05, 3.63) is 41.7 Å². The SMILES string of the molecule is CN1CC(=O)NN=C1c1ccc(-c2cnn(C(F)F)c2)c(C(F)(F)F)c1. The average Bonchev–Trinajstić information content (AvgIpc) is 3.04. The topological polar surface area (TPSA) is 62.5 Å². The van der Waals surface area contributed by atoms with Gasteiger partial charge in [0.25, 0.3) is 5.91 Å². The van der Waals surface area contributed by atoms with Gasteiger partial charge < -0.3 is 4.90 Å². The highest BCUT2D eigenvalue weighted by molar-refractivity contribution is 6.03. The summed E-state index contributed by atoms with van der Waals surface area (Å²) in [5, 5.41) is 7.14. The maximum absolute atomic E-state index is 13.5. The molecule has 0 unspecified atom stereocenters. The number of nitrogens with one attached hydrogen (secondary N) is 1. The maximum atomic E-state index is 13.5. The molecule has 0 aliphatic carbocycles. The quantitative estimate of drug-likeness (QED) is 0.842. The molecule has 0 atom stereocenters. The molecule has 0 spiro atoms. The van der Waals surface area contributed by atoms with Crippen LogP contribution in [-0.2, 0) is 11.0 Å². The first-order chi connectivity index (χ1) is 12.2. The van der Waals surface area contributed by atoms with Crippen LogP contribution in [0.3, 0.4) is 0 Å². The summed E-state index contributed by atoms with van der Waals surface area (Å²) < 4.78 is 66.1. The van der Waals surface area contributed by atoms with Crippen molar-refractivity contribution in [2.75, 3.05) is 13.6 Å². The highest BCUT2D eigenvalue weighted by Crippen LogP contribution is 2.38. The van der Waals surface area contributed by atoms with Crippen LogP contribution in [0.25, 0.3) is 11.1 Å². The van der Waals surface area contributed by atoms with Crippen molar-refractivity contribution in [3.63, 3.8) is 0 Å². The number of hydrogen-bond donors (Lipinski definition) is 1. The molecule has 0 fully saturated rings. The van der Waals surface area contributed by atoms with Crippen LogP contribution in [0, 0.1) is 0 Å². The molecule has 0 radical (unpaired) electrons. The van der Waals surface area contributed by atoms with Crippen molar-refractivity contribution < 1.29 is 26.7 Å². The maximum Gasteiger partial charge on any atom is 0.417 e. The first-order valence-corrected chi connectivity index (χ1v) is 7.29. The zero-order chi connectivity index (χ0) is 19.1. The number of amidine groups is 1. The van der Waals surface area contributed by atoms with E-state index in [2.05, 4.69) is 15.6 Å². The first kappa shape index (κ1) is 17.8. The van der Waals surface area contributed by atoms with Crippen LogP contribution >= 0.6 is 0 Å². The normalized spacial score (nSPS) is 15.3. The molecule has 26 heavy (non-hydrogen) atoms. The number of hydrazone groups is 1. The van der Waals surface area contributed by atoms with E-state index in [0.29, 0.717) is 0 Å². The zero-order valence-electron chi connectivity index (χ0n) is 13.3. The standard InChI is InChI=1S/C15H12F5N5O/c1-24-7-12(26)22-23-13(24)8-2-3-10(11(4-8)15(18,19)20)9-5-21-25(6-9)14(16)17/h2-6,14H,7H2,1H3,(H,22,26). The van der Waals surface area contributed by atoms with Gasteiger partial charge in [-0.1, -0.05) is 12.1 Å². The fraction of sp³-hybridized carbons (Fsp3) is 0.267. The van der Waals surface area contributed by atoms with E-state index in [-0.39, 0.29) is 39.7 Å². The predicted molar refractivity (Wildman–Crippen MR) is 81.2 cm³/mol. The van der Waals surface area contributed by atoms with Crippen LogP contribution in [0.1, 0.15) is 17.7 Å². The van der Waals surface area contributed by atoms with Crippen molar-refractivity contribution in [3.8, 4) is 11.1 Å². The molecule has 3 rings (SSSR count). The highest BCUT2D eigenvalue weighted by Gasteiger charge is 2.35. The number of rotatable bonds is 3. The van der Waals surface area contributed by atoms with E-state index in [0.717, 1.165) is 24.5 Å². The Bertz CT molecular complexity index is 874. The van der Waals surface area contributed by atoms with Gasteiger partial charge in [0.05, 0.1) is 18.3 Å². The summed E-state index contributed by atoms with van der Waals surface area (Å²) in [7, 11) is 1.52. The summed E-state index contributed by atoms with van der Waals surface area (Å²) in [6.07, 6.45) is -2.93. The van der Waals surface area contributed by atoms with E-state index < -0.39 is 18.3 Å². The number of carbonyl (C=O) groups excluding carboxylic acids is 1. The molecule has 1 amide bonds. The smallest absolute Gasteiger partial charge is 0.348 e. The van der Waals surface area contributed by atoms with Gasteiger partial charge in [-0.05, 0) is 11.6 Å². The van der Waals surface area contributed by atoms with Crippen molar-refractivity contribution >= 4 is 11.7 Å². The summed E-state index contributed by atoms with van der Waals surface area (Å²) in [5.74, 6) is -0.228. The summed E-state index contributed by atoms with van der Waals surface area (Å²) in [6, 6.07) is 3.40. The number of carbonyl (C=O) groups is 1. The highest BCUT2D eigenvalue weighted by atomic mass is 19.4. The van der Waals surface area contributed by atoms with Crippen LogP contribution in [0.4, 0.5) is 22.0 Å².